The first-order valence-electron chi connectivity index (χ1n) is 6.65. The third-order valence-electron chi connectivity index (χ3n) is 3.05. The maximum absolute atomic E-state index is 12.4. The number of amides is 1. The minimum atomic E-state index is -0.168. The van der Waals surface area contributed by atoms with Gasteiger partial charge in [0.15, 0.2) is 0 Å². The van der Waals surface area contributed by atoms with Crippen molar-refractivity contribution in [2.24, 2.45) is 0 Å². The normalized spacial score (nSPS) is 10.4. The van der Waals surface area contributed by atoms with Crippen LogP contribution in [0.4, 0.5) is 11.4 Å². The number of nitrogens with two attached hydrogens (primary N) is 1. The molecule has 2 rings (SSSR count). The Balaban J connectivity index is 2.19. The molecule has 0 bridgehead atoms. The average Bonchev–Trinajstić information content (AvgIpc) is 2.80. The number of aryl methyl sites for hydroxylation is 1. The minimum Gasteiger partial charge on any atom is -0.495 e. The summed E-state index contributed by atoms with van der Waals surface area (Å²) in [5, 5.41) is 2.85. The SMILES string of the molecule is CCCn1cc(Br)cc1C(=O)Nc1ccc(OC)c(N)c1. The highest BCUT2D eigenvalue weighted by Crippen LogP contribution is 2.25. The summed E-state index contributed by atoms with van der Waals surface area (Å²) in [6.07, 6.45) is 2.86. The van der Waals surface area contributed by atoms with Gasteiger partial charge in [0.25, 0.3) is 5.91 Å². The molecule has 0 saturated heterocycles. The van der Waals surface area contributed by atoms with Crippen molar-refractivity contribution in [3.8, 4) is 5.75 Å². The lowest BCUT2D eigenvalue weighted by atomic mass is 10.2. The molecular weight excluding hydrogens is 334 g/mol. The van der Waals surface area contributed by atoms with Crippen molar-refractivity contribution in [2.45, 2.75) is 19.9 Å². The van der Waals surface area contributed by atoms with Gasteiger partial charge in [-0.05, 0) is 46.6 Å². The fourth-order valence-electron chi connectivity index (χ4n) is 2.10. The molecule has 112 valence electrons. The molecule has 0 unspecified atom stereocenters. The monoisotopic (exact) mass is 351 g/mol. The molecule has 1 amide bonds. The van der Waals surface area contributed by atoms with E-state index in [1.165, 1.54) is 0 Å². The summed E-state index contributed by atoms with van der Waals surface area (Å²) in [6.45, 7) is 2.86. The van der Waals surface area contributed by atoms with Crippen LogP contribution in [0.5, 0.6) is 5.75 Å². The van der Waals surface area contributed by atoms with Crippen LogP contribution in [0, 0.1) is 0 Å². The van der Waals surface area contributed by atoms with Crippen LogP contribution in [0.1, 0.15) is 23.8 Å². The molecule has 1 heterocycles. The lowest BCUT2D eigenvalue weighted by Gasteiger charge is -2.10. The summed E-state index contributed by atoms with van der Waals surface area (Å²) in [4.78, 5) is 12.4. The summed E-state index contributed by atoms with van der Waals surface area (Å²) in [7, 11) is 1.55. The number of nitrogens with zero attached hydrogens (tertiary/aromatic N) is 1. The molecular formula is C15H18BrN3O2. The number of hydrogen-bond donors (Lipinski definition) is 2. The summed E-state index contributed by atoms with van der Waals surface area (Å²) in [6, 6.07) is 6.97. The number of halogens is 1. The molecule has 1 aromatic carbocycles. The molecule has 0 fully saturated rings. The summed E-state index contributed by atoms with van der Waals surface area (Å²) in [5.41, 5.74) is 7.57. The lowest BCUT2D eigenvalue weighted by Crippen LogP contribution is -2.16. The standard InChI is InChI=1S/C15H18BrN3O2/c1-3-6-19-9-10(16)7-13(19)15(20)18-11-4-5-14(21-2)12(17)8-11/h4-5,7-9H,3,6,17H2,1-2H3,(H,18,20). The molecule has 0 radical (unpaired) electrons. The highest BCUT2D eigenvalue weighted by atomic mass is 79.9. The zero-order valence-electron chi connectivity index (χ0n) is 12.0. The number of aromatic nitrogens is 1. The predicted molar refractivity (Wildman–Crippen MR) is 87.8 cm³/mol. The highest BCUT2D eigenvalue weighted by Gasteiger charge is 2.13. The lowest BCUT2D eigenvalue weighted by molar-refractivity contribution is 0.101. The number of anilines is 2. The van der Waals surface area contributed by atoms with Gasteiger partial charge in [0, 0.05) is 22.9 Å². The van der Waals surface area contributed by atoms with E-state index in [4.69, 9.17) is 10.5 Å². The number of carbonyl (C=O) groups is 1. The molecule has 3 N–H and O–H groups in total. The maximum Gasteiger partial charge on any atom is 0.272 e. The van der Waals surface area contributed by atoms with Gasteiger partial charge >= 0.3 is 0 Å². The number of nitrogens with one attached hydrogen (secondary N) is 1. The van der Waals surface area contributed by atoms with Crippen LogP contribution < -0.4 is 15.8 Å². The number of nitrogen functional groups attached to an aromatic ring is 1. The number of hydrogen-bond acceptors (Lipinski definition) is 3. The van der Waals surface area contributed by atoms with Crippen molar-refractivity contribution in [2.75, 3.05) is 18.2 Å². The van der Waals surface area contributed by atoms with Crippen LogP contribution >= 0.6 is 15.9 Å². The van der Waals surface area contributed by atoms with Crippen molar-refractivity contribution in [1.82, 2.24) is 4.57 Å². The van der Waals surface area contributed by atoms with Crippen molar-refractivity contribution in [3.63, 3.8) is 0 Å². The molecule has 5 nitrogen and oxygen atoms in total. The van der Waals surface area contributed by atoms with E-state index in [9.17, 15) is 4.79 Å². The second kappa shape index (κ2) is 6.67. The first-order valence-corrected chi connectivity index (χ1v) is 7.45. The molecule has 1 aromatic heterocycles. The fraction of sp³-hybridized carbons (Fsp3) is 0.267. The second-order valence-electron chi connectivity index (χ2n) is 4.65. The van der Waals surface area contributed by atoms with Gasteiger partial charge < -0.3 is 20.4 Å². The molecule has 0 saturated carbocycles. The summed E-state index contributed by atoms with van der Waals surface area (Å²) in [5.74, 6) is 0.420. The van der Waals surface area contributed by atoms with Gasteiger partial charge in [-0.2, -0.15) is 0 Å². The number of ether oxygens (including phenoxy) is 1. The minimum absolute atomic E-state index is 0.168. The number of rotatable bonds is 5. The van der Waals surface area contributed by atoms with E-state index >= 15 is 0 Å². The van der Waals surface area contributed by atoms with Gasteiger partial charge in [-0.1, -0.05) is 6.92 Å². The Morgan fingerprint density at radius 1 is 1.43 bits per heavy atom. The van der Waals surface area contributed by atoms with Crippen LogP contribution in [0.3, 0.4) is 0 Å². The van der Waals surface area contributed by atoms with E-state index < -0.39 is 0 Å². The van der Waals surface area contributed by atoms with E-state index in [1.54, 1.807) is 31.4 Å². The van der Waals surface area contributed by atoms with E-state index in [0.717, 1.165) is 17.4 Å². The Labute approximate surface area is 132 Å². The van der Waals surface area contributed by atoms with Crippen LogP contribution in [0.2, 0.25) is 0 Å². The maximum atomic E-state index is 12.4. The summed E-state index contributed by atoms with van der Waals surface area (Å²) >= 11 is 3.40. The molecule has 2 aromatic rings. The quantitative estimate of drug-likeness (QED) is 0.810. The average molecular weight is 352 g/mol. The Hall–Kier alpha value is -1.95. The number of carbonyl (C=O) groups excluding carboxylic acids is 1. The zero-order chi connectivity index (χ0) is 15.4. The first kappa shape index (κ1) is 15.4. The molecule has 0 atom stereocenters. The topological polar surface area (TPSA) is 69.3 Å². The van der Waals surface area contributed by atoms with E-state index in [1.807, 2.05) is 10.8 Å². The Kier molecular flexibility index (Phi) is 4.90. The summed E-state index contributed by atoms with van der Waals surface area (Å²) < 4.78 is 7.90. The van der Waals surface area contributed by atoms with Gasteiger partial charge in [-0.3, -0.25) is 4.79 Å². The third kappa shape index (κ3) is 3.58. The van der Waals surface area contributed by atoms with Gasteiger partial charge in [0.1, 0.15) is 11.4 Å². The van der Waals surface area contributed by atoms with Gasteiger partial charge in [0.05, 0.1) is 12.8 Å². The fourth-order valence-corrected chi connectivity index (χ4v) is 2.56. The third-order valence-corrected chi connectivity index (χ3v) is 3.48. The number of benzene rings is 1. The van der Waals surface area contributed by atoms with Gasteiger partial charge in [-0.25, -0.2) is 0 Å². The van der Waals surface area contributed by atoms with Crippen LogP contribution in [-0.2, 0) is 6.54 Å². The van der Waals surface area contributed by atoms with Crippen molar-refractivity contribution in [3.05, 3.63) is 40.6 Å². The van der Waals surface area contributed by atoms with Crippen molar-refractivity contribution >= 4 is 33.2 Å². The Morgan fingerprint density at radius 3 is 2.81 bits per heavy atom. The van der Waals surface area contributed by atoms with Gasteiger partial charge in [0.2, 0.25) is 0 Å². The molecule has 0 aliphatic carbocycles. The van der Waals surface area contributed by atoms with E-state index in [0.29, 0.717) is 22.8 Å². The predicted octanol–water partition coefficient (Wildman–Crippen LogP) is 3.50. The van der Waals surface area contributed by atoms with Crippen LogP contribution in [0.15, 0.2) is 34.9 Å². The Bertz CT molecular complexity index is 652. The molecule has 6 heteroatoms. The van der Waals surface area contributed by atoms with Crippen LogP contribution in [-0.4, -0.2) is 17.6 Å². The highest BCUT2D eigenvalue weighted by molar-refractivity contribution is 9.10. The van der Waals surface area contributed by atoms with Crippen LogP contribution in [0.25, 0.3) is 0 Å². The van der Waals surface area contributed by atoms with E-state index in [2.05, 4.69) is 28.2 Å². The molecule has 0 aliphatic heterocycles. The first-order chi connectivity index (χ1) is 10.0. The van der Waals surface area contributed by atoms with Gasteiger partial charge in [-0.15, -0.1) is 0 Å². The number of methoxy groups -OCH3 is 1. The molecule has 0 aliphatic rings. The van der Waals surface area contributed by atoms with E-state index in [-0.39, 0.29) is 5.91 Å². The molecule has 21 heavy (non-hydrogen) atoms. The zero-order valence-corrected chi connectivity index (χ0v) is 13.6. The Morgan fingerprint density at radius 2 is 2.19 bits per heavy atom. The smallest absolute Gasteiger partial charge is 0.272 e. The largest absolute Gasteiger partial charge is 0.495 e. The molecule has 0 spiro atoms. The van der Waals surface area contributed by atoms with Crippen molar-refractivity contribution < 1.29 is 9.53 Å². The second-order valence-corrected chi connectivity index (χ2v) is 5.56. The van der Waals surface area contributed by atoms with Crippen molar-refractivity contribution in [1.29, 1.82) is 0 Å².